The smallest absolute Gasteiger partial charge is 0.422 e. The third-order valence-electron chi connectivity index (χ3n) is 8.95. The lowest BCUT2D eigenvalue weighted by molar-refractivity contribution is -0.140. The molecule has 1 fully saturated rings. The van der Waals surface area contributed by atoms with E-state index in [1.165, 1.54) is 36.4 Å². The summed E-state index contributed by atoms with van der Waals surface area (Å²) in [7, 11) is 0. The molecule has 0 atom stereocenters. The predicted molar refractivity (Wildman–Crippen MR) is 217 cm³/mol. The molecule has 1 aliphatic carbocycles. The SMILES string of the molecule is CC(C)(C)OC(=O)N(C(=O)c1ccc(N)cc1)c1ccc(OCC2CCC(C(=O)Oc3ccc(N(C(=O)OC(C)(C)C)C(=O)c4ccc(N)cc4)cc3)CC2)cc1. The van der Waals surface area contributed by atoms with E-state index in [1.807, 2.05) is 0 Å². The van der Waals surface area contributed by atoms with Crippen LogP contribution >= 0.6 is 0 Å². The van der Waals surface area contributed by atoms with Crippen molar-refractivity contribution in [3.63, 3.8) is 0 Å². The lowest BCUT2D eigenvalue weighted by Crippen LogP contribution is -2.41. The molecule has 300 valence electrons. The van der Waals surface area contributed by atoms with Crippen molar-refractivity contribution in [3.05, 3.63) is 108 Å². The molecular weight excluding hydrogens is 729 g/mol. The number of hydrogen-bond donors (Lipinski definition) is 2. The molecule has 0 spiro atoms. The minimum absolute atomic E-state index is 0.204. The fourth-order valence-electron chi connectivity index (χ4n) is 6.07. The molecule has 13 heteroatoms. The van der Waals surface area contributed by atoms with E-state index in [2.05, 4.69) is 0 Å². The Hall–Kier alpha value is -6.37. The van der Waals surface area contributed by atoms with E-state index in [4.69, 9.17) is 30.4 Å². The molecule has 0 aromatic heterocycles. The van der Waals surface area contributed by atoms with Crippen molar-refractivity contribution < 1.29 is 42.9 Å². The van der Waals surface area contributed by atoms with Gasteiger partial charge in [0.1, 0.15) is 22.7 Å². The van der Waals surface area contributed by atoms with Crippen LogP contribution in [-0.4, -0.2) is 47.8 Å². The van der Waals surface area contributed by atoms with Crippen LogP contribution in [0.1, 0.15) is 87.9 Å². The summed E-state index contributed by atoms with van der Waals surface area (Å²) in [4.78, 5) is 68.3. The van der Waals surface area contributed by atoms with Crippen molar-refractivity contribution in [3.8, 4) is 11.5 Å². The maximum atomic E-state index is 13.4. The summed E-state index contributed by atoms with van der Waals surface area (Å²) >= 11 is 0. The normalized spacial score (nSPS) is 15.5. The fraction of sp³-hybridized carbons (Fsp3) is 0.341. The first-order valence-corrected chi connectivity index (χ1v) is 18.8. The Morgan fingerprint density at radius 2 is 0.947 bits per heavy atom. The van der Waals surface area contributed by atoms with E-state index in [-0.39, 0.29) is 40.4 Å². The molecule has 4 aromatic carbocycles. The molecule has 4 aromatic rings. The highest BCUT2D eigenvalue weighted by atomic mass is 16.6. The molecule has 0 unspecified atom stereocenters. The molecule has 1 saturated carbocycles. The van der Waals surface area contributed by atoms with E-state index >= 15 is 0 Å². The summed E-state index contributed by atoms with van der Waals surface area (Å²) in [5, 5.41) is 0. The second-order valence-corrected chi connectivity index (χ2v) is 15.9. The molecular formula is C44H50N4O9. The number of carbonyl (C=O) groups excluding carboxylic acids is 5. The summed E-state index contributed by atoms with van der Waals surface area (Å²) in [6, 6.07) is 25.2. The summed E-state index contributed by atoms with van der Waals surface area (Å²) in [6.45, 7) is 10.7. The largest absolute Gasteiger partial charge is 0.493 e. The van der Waals surface area contributed by atoms with Crippen LogP contribution in [-0.2, 0) is 14.3 Å². The van der Waals surface area contributed by atoms with Gasteiger partial charge in [-0.25, -0.2) is 19.4 Å². The van der Waals surface area contributed by atoms with Crippen LogP contribution in [0.3, 0.4) is 0 Å². The van der Waals surface area contributed by atoms with Crippen LogP contribution in [0.15, 0.2) is 97.1 Å². The van der Waals surface area contributed by atoms with Gasteiger partial charge in [0.2, 0.25) is 0 Å². The third kappa shape index (κ3) is 11.6. The lowest BCUT2D eigenvalue weighted by Gasteiger charge is -2.28. The number of rotatable bonds is 9. The van der Waals surface area contributed by atoms with Crippen LogP contribution in [0, 0.1) is 11.8 Å². The van der Waals surface area contributed by atoms with Crippen molar-refractivity contribution in [1.82, 2.24) is 0 Å². The first-order valence-electron chi connectivity index (χ1n) is 18.8. The van der Waals surface area contributed by atoms with Crippen LogP contribution in [0.4, 0.5) is 32.3 Å². The molecule has 5 rings (SSSR count). The summed E-state index contributed by atoms with van der Waals surface area (Å²) in [5.74, 6) is -0.771. The summed E-state index contributed by atoms with van der Waals surface area (Å²) in [5.41, 5.74) is 11.9. The molecule has 4 amide bonds. The topological polar surface area (TPSA) is 181 Å². The maximum Gasteiger partial charge on any atom is 0.422 e. The number of ether oxygens (including phenoxy) is 4. The van der Waals surface area contributed by atoms with Crippen molar-refractivity contribution in [1.29, 1.82) is 0 Å². The monoisotopic (exact) mass is 778 g/mol. The van der Waals surface area contributed by atoms with Gasteiger partial charge in [-0.15, -0.1) is 0 Å². The zero-order valence-corrected chi connectivity index (χ0v) is 33.2. The van der Waals surface area contributed by atoms with E-state index in [1.54, 1.807) is 102 Å². The minimum Gasteiger partial charge on any atom is -0.493 e. The third-order valence-corrected chi connectivity index (χ3v) is 8.95. The molecule has 4 N–H and O–H groups in total. The van der Waals surface area contributed by atoms with E-state index in [0.717, 1.165) is 22.6 Å². The Labute approximate surface area is 332 Å². The molecule has 57 heavy (non-hydrogen) atoms. The van der Waals surface area contributed by atoms with Crippen molar-refractivity contribution in [2.75, 3.05) is 27.9 Å². The first kappa shape index (κ1) is 41.8. The van der Waals surface area contributed by atoms with Gasteiger partial charge in [-0.2, -0.15) is 0 Å². The lowest BCUT2D eigenvalue weighted by atomic mass is 9.82. The predicted octanol–water partition coefficient (Wildman–Crippen LogP) is 8.81. The fourth-order valence-corrected chi connectivity index (χ4v) is 6.07. The molecule has 1 aliphatic rings. The van der Waals surface area contributed by atoms with E-state index in [9.17, 15) is 24.0 Å². The van der Waals surface area contributed by atoms with E-state index < -0.39 is 35.2 Å². The van der Waals surface area contributed by atoms with Gasteiger partial charge >= 0.3 is 18.2 Å². The molecule has 0 radical (unpaired) electrons. The van der Waals surface area contributed by atoms with Crippen LogP contribution in [0.25, 0.3) is 0 Å². The number of nitrogens with two attached hydrogens (primary N) is 2. The number of esters is 1. The average Bonchev–Trinajstić information content (AvgIpc) is 3.14. The van der Waals surface area contributed by atoms with Gasteiger partial charge in [0.15, 0.2) is 0 Å². The highest BCUT2D eigenvalue weighted by Crippen LogP contribution is 2.32. The number of anilines is 4. The highest BCUT2D eigenvalue weighted by molar-refractivity contribution is 6.20. The van der Waals surface area contributed by atoms with E-state index in [0.29, 0.717) is 42.3 Å². The van der Waals surface area contributed by atoms with Crippen molar-refractivity contribution in [2.45, 2.75) is 78.4 Å². The Morgan fingerprint density at radius 1 is 0.561 bits per heavy atom. The van der Waals surface area contributed by atoms with Gasteiger partial charge in [-0.05, 0) is 170 Å². The van der Waals surface area contributed by atoms with Crippen LogP contribution < -0.4 is 30.7 Å². The molecule has 0 saturated heterocycles. The Kier molecular flexibility index (Phi) is 12.9. The number of benzene rings is 4. The number of imide groups is 2. The Morgan fingerprint density at radius 3 is 1.33 bits per heavy atom. The van der Waals surface area contributed by atoms with Gasteiger partial charge in [0.05, 0.1) is 23.9 Å². The van der Waals surface area contributed by atoms with Gasteiger partial charge in [-0.1, -0.05) is 0 Å². The molecule has 0 heterocycles. The zero-order valence-electron chi connectivity index (χ0n) is 33.2. The first-order chi connectivity index (χ1) is 26.9. The van der Waals surface area contributed by atoms with Crippen molar-refractivity contribution in [2.24, 2.45) is 11.8 Å². The zero-order chi connectivity index (χ0) is 41.5. The number of amides is 4. The minimum atomic E-state index is -0.849. The second kappa shape index (κ2) is 17.6. The van der Waals surface area contributed by atoms with Gasteiger partial charge < -0.3 is 30.4 Å². The number of nitrogen functional groups attached to an aromatic ring is 2. The highest BCUT2D eigenvalue weighted by Gasteiger charge is 2.32. The van der Waals surface area contributed by atoms with Crippen LogP contribution in [0.2, 0.25) is 0 Å². The molecule has 0 aliphatic heterocycles. The maximum absolute atomic E-state index is 13.4. The molecule has 0 bridgehead atoms. The Bertz CT molecular complexity index is 2040. The molecule has 13 nitrogen and oxygen atoms in total. The van der Waals surface area contributed by atoms with Crippen molar-refractivity contribution >= 4 is 52.7 Å². The van der Waals surface area contributed by atoms with Gasteiger partial charge in [0, 0.05) is 22.5 Å². The van der Waals surface area contributed by atoms with Gasteiger partial charge in [-0.3, -0.25) is 14.4 Å². The summed E-state index contributed by atoms with van der Waals surface area (Å²) < 4.78 is 22.8. The average molecular weight is 779 g/mol. The summed E-state index contributed by atoms with van der Waals surface area (Å²) in [6.07, 6.45) is 1.07. The number of carbonyl (C=O) groups is 5. The Balaban J connectivity index is 1.15. The standard InChI is InChI=1S/C44H50N4O9/c1-43(2,3)56-41(52)47(38(49)29-11-15-32(45)16-12-29)34-19-23-36(24-20-34)54-27-28-7-9-31(10-8-28)40(51)55-37-25-21-35(22-26-37)48(42(53)57-44(4,5)6)39(50)30-13-17-33(46)18-14-30/h11-26,28,31H,7-10,27,45-46H2,1-6H3. The quantitative estimate of drug-likeness (QED) is 0.0941. The second-order valence-electron chi connectivity index (χ2n) is 15.9. The van der Waals surface area contributed by atoms with Crippen LogP contribution in [0.5, 0.6) is 11.5 Å². The number of hydrogen-bond acceptors (Lipinski definition) is 11. The van der Waals surface area contributed by atoms with Gasteiger partial charge in [0.25, 0.3) is 11.8 Å². The number of nitrogens with zero attached hydrogens (tertiary/aromatic N) is 2.